The van der Waals surface area contributed by atoms with Gasteiger partial charge in [0.25, 0.3) is 0 Å². The largest absolute Gasteiger partial charge is 0.466 e. The zero-order chi connectivity index (χ0) is 15.6. The Kier molecular flexibility index (Phi) is 5.05. The van der Waals surface area contributed by atoms with E-state index in [1.54, 1.807) is 11.8 Å². The molecule has 20 heavy (non-hydrogen) atoms. The van der Waals surface area contributed by atoms with Gasteiger partial charge in [-0.3, -0.25) is 4.79 Å². The SMILES string of the molecule is CCOC(=O)C(C)(C)C1CCN(C(=O)OC(C)(C)C)C1. The fraction of sp³-hybridized carbons (Fsp3) is 0.867. The summed E-state index contributed by atoms with van der Waals surface area (Å²) in [6.07, 6.45) is 0.491. The fourth-order valence-corrected chi connectivity index (χ4v) is 2.33. The summed E-state index contributed by atoms with van der Waals surface area (Å²) in [6, 6.07) is 0. The van der Waals surface area contributed by atoms with Crippen LogP contribution < -0.4 is 0 Å². The number of esters is 1. The van der Waals surface area contributed by atoms with E-state index in [0.29, 0.717) is 19.7 Å². The van der Waals surface area contributed by atoms with E-state index in [1.165, 1.54) is 0 Å². The summed E-state index contributed by atoms with van der Waals surface area (Å²) in [7, 11) is 0. The summed E-state index contributed by atoms with van der Waals surface area (Å²) in [4.78, 5) is 25.7. The molecule has 5 nitrogen and oxygen atoms in total. The molecule has 116 valence electrons. The third-order valence-electron chi connectivity index (χ3n) is 3.66. The lowest BCUT2D eigenvalue weighted by atomic mass is 9.78. The van der Waals surface area contributed by atoms with Crippen molar-refractivity contribution in [3.05, 3.63) is 0 Å². The average Bonchev–Trinajstić information content (AvgIpc) is 2.76. The highest BCUT2D eigenvalue weighted by molar-refractivity contribution is 5.76. The number of hydrogen-bond donors (Lipinski definition) is 0. The molecule has 0 N–H and O–H groups in total. The van der Waals surface area contributed by atoms with Gasteiger partial charge in [0.05, 0.1) is 12.0 Å². The minimum absolute atomic E-state index is 0.106. The van der Waals surface area contributed by atoms with Gasteiger partial charge in [-0.25, -0.2) is 4.79 Å². The van der Waals surface area contributed by atoms with Crippen LogP contribution in [0, 0.1) is 11.3 Å². The van der Waals surface area contributed by atoms with Gasteiger partial charge in [-0.05, 0) is 53.9 Å². The molecule has 1 aliphatic heterocycles. The highest BCUT2D eigenvalue weighted by Gasteiger charge is 2.43. The minimum atomic E-state index is -0.577. The normalized spacial score (nSPS) is 19.9. The Balaban J connectivity index is 2.63. The molecule has 5 heteroatoms. The molecule has 1 fully saturated rings. The van der Waals surface area contributed by atoms with Crippen molar-refractivity contribution in [2.24, 2.45) is 11.3 Å². The van der Waals surface area contributed by atoms with E-state index in [1.807, 2.05) is 34.6 Å². The molecule has 0 aliphatic carbocycles. The number of nitrogens with zero attached hydrogens (tertiary/aromatic N) is 1. The van der Waals surface area contributed by atoms with Crippen LogP contribution in [0.4, 0.5) is 4.79 Å². The van der Waals surface area contributed by atoms with Crippen LogP contribution in [0.3, 0.4) is 0 Å². The Morgan fingerprint density at radius 3 is 2.30 bits per heavy atom. The topological polar surface area (TPSA) is 55.8 Å². The molecule has 1 atom stereocenters. The van der Waals surface area contributed by atoms with E-state index < -0.39 is 11.0 Å². The fourth-order valence-electron chi connectivity index (χ4n) is 2.33. The van der Waals surface area contributed by atoms with Gasteiger partial charge in [0, 0.05) is 13.1 Å². The van der Waals surface area contributed by atoms with Crippen molar-refractivity contribution in [2.75, 3.05) is 19.7 Å². The molecule has 0 saturated carbocycles. The first-order valence-corrected chi connectivity index (χ1v) is 7.23. The van der Waals surface area contributed by atoms with Gasteiger partial charge in [-0.15, -0.1) is 0 Å². The highest BCUT2D eigenvalue weighted by atomic mass is 16.6. The minimum Gasteiger partial charge on any atom is -0.466 e. The monoisotopic (exact) mass is 285 g/mol. The first-order valence-electron chi connectivity index (χ1n) is 7.23. The molecule has 1 unspecified atom stereocenters. The van der Waals surface area contributed by atoms with E-state index in [0.717, 1.165) is 6.42 Å². The first-order chi connectivity index (χ1) is 9.08. The van der Waals surface area contributed by atoms with E-state index in [2.05, 4.69) is 0 Å². The van der Waals surface area contributed by atoms with Crippen LogP contribution >= 0.6 is 0 Å². The standard InChI is InChI=1S/C15H27NO4/c1-7-19-12(17)15(5,6)11-8-9-16(10-11)13(18)20-14(2,3)4/h11H,7-10H2,1-6H3. The second kappa shape index (κ2) is 6.02. The van der Waals surface area contributed by atoms with Crippen LogP contribution in [0.5, 0.6) is 0 Å². The van der Waals surface area contributed by atoms with Crippen LogP contribution in [-0.4, -0.2) is 42.3 Å². The molecule has 1 saturated heterocycles. The quantitative estimate of drug-likeness (QED) is 0.748. The predicted molar refractivity (Wildman–Crippen MR) is 76.3 cm³/mol. The number of amides is 1. The molecule has 0 aromatic heterocycles. The van der Waals surface area contributed by atoms with Crippen LogP contribution in [0.15, 0.2) is 0 Å². The van der Waals surface area contributed by atoms with Crippen molar-refractivity contribution in [3.63, 3.8) is 0 Å². The predicted octanol–water partition coefficient (Wildman–Crippen LogP) is 2.83. The number of rotatable bonds is 3. The number of ether oxygens (including phenoxy) is 2. The molecular formula is C15H27NO4. The Hall–Kier alpha value is -1.26. The number of hydrogen-bond acceptors (Lipinski definition) is 4. The summed E-state index contributed by atoms with van der Waals surface area (Å²) in [5, 5.41) is 0. The molecule has 0 aromatic rings. The van der Waals surface area contributed by atoms with Gasteiger partial charge in [0.15, 0.2) is 0 Å². The lowest BCUT2D eigenvalue weighted by molar-refractivity contribution is -0.156. The Labute approximate surface area is 121 Å². The van der Waals surface area contributed by atoms with Crippen molar-refractivity contribution >= 4 is 12.1 Å². The van der Waals surface area contributed by atoms with Gasteiger partial charge in [0.1, 0.15) is 5.60 Å². The van der Waals surface area contributed by atoms with Gasteiger partial charge in [-0.1, -0.05) is 0 Å². The maximum absolute atomic E-state index is 12.0. The van der Waals surface area contributed by atoms with Crippen molar-refractivity contribution in [1.29, 1.82) is 0 Å². The highest BCUT2D eigenvalue weighted by Crippen LogP contribution is 2.35. The summed E-state index contributed by atoms with van der Waals surface area (Å²) < 4.78 is 10.5. The van der Waals surface area contributed by atoms with Gasteiger partial charge in [-0.2, -0.15) is 0 Å². The molecule has 0 spiro atoms. The Morgan fingerprint density at radius 2 is 1.80 bits per heavy atom. The average molecular weight is 285 g/mol. The molecule has 1 heterocycles. The smallest absolute Gasteiger partial charge is 0.410 e. The molecule has 0 aromatic carbocycles. The molecule has 1 aliphatic rings. The zero-order valence-electron chi connectivity index (χ0n) is 13.5. The van der Waals surface area contributed by atoms with Gasteiger partial charge < -0.3 is 14.4 Å². The van der Waals surface area contributed by atoms with Crippen LogP contribution in [0.25, 0.3) is 0 Å². The Morgan fingerprint density at radius 1 is 1.20 bits per heavy atom. The third kappa shape index (κ3) is 4.12. The van der Waals surface area contributed by atoms with Crippen LogP contribution in [0.1, 0.15) is 48.0 Å². The van der Waals surface area contributed by atoms with Gasteiger partial charge in [0.2, 0.25) is 0 Å². The van der Waals surface area contributed by atoms with Crippen molar-refractivity contribution < 1.29 is 19.1 Å². The molecule has 1 amide bonds. The molecule has 0 radical (unpaired) electrons. The zero-order valence-corrected chi connectivity index (χ0v) is 13.5. The summed E-state index contributed by atoms with van der Waals surface area (Å²) in [6.45, 7) is 12.7. The van der Waals surface area contributed by atoms with E-state index in [-0.39, 0.29) is 18.0 Å². The summed E-state index contributed by atoms with van der Waals surface area (Å²) in [5.74, 6) is -0.0925. The number of carbonyl (C=O) groups is 2. The van der Waals surface area contributed by atoms with E-state index in [4.69, 9.17) is 9.47 Å². The molecule has 1 rings (SSSR count). The second-order valence-electron chi connectivity index (χ2n) is 6.85. The lowest BCUT2D eigenvalue weighted by Gasteiger charge is -2.29. The maximum atomic E-state index is 12.0. The van der Waals surface area contributed by atoms with E-state index in [9.17, 15) is 9.59 Å². The lowest BCUT2D eigenvalue weighted by Crippen LogP contribution is -2.39. The Bertz CT molecular complexity index is 371. The van der Waals surface area contributed by atoms with Crippen molar-refractivity contribution in [2.45, 2.75) is 53.6 Å². The number of carbonyl (C=O) groups excluding carboxylic acids is 2. The summed E-state index contributed by atoms with van der Waals surface area (Å²) >= 11 is 0. The maximum Gasteiger partial charge on any atom is 0.410 e. The van der Waals surface area contributed by atoms with Crippen molar-refractivity contribution in [1.82, 2.24) is 4.90 Å². The summed E-state index contributed by atoms with van der Waals surface area (Å²) in [5.41, 5.74) is -1.07. The second-order valence-corrected chi connectivity index (χ2v) is 6.85. The van der Waals surface area contributed by atoms with Gasteiger partial charge >= 0.3 is 12.1 Å². The first kappa shape index (κ1) is 16.8. The number of likely N-dealkylation sites (tertiary alicyclic amines) is 1. The van der Waals surface area contributed by atoms with E-state index >= 15 is 0 Å². The van der Waals surface area contributed by atoms with Crippen molar-refractivity contribution in [3.8, 4) is 0 Å². The van der Waals surface area contributed by atoms with Crippen LogP contribution in [0.2, 0.25) is 0 Å². The third-order valence-corrected chi connectivity index (χ3v) is 3.66. The molecular weight excluding hydrogens is 258 g/mol. The van der Waals surface area contributed by atoms with Crippen LogP contribution in [-0.2, 0) is 14.3 Å². The molecule has 0 bridgehead atoms.